The number of hydrogen-bond acceptors (Lipinski definition) is 7. The zero-order valence-electron chi connectivity index (χ0n) is 24.2. The molecule has 8 nitrogen and oxygen atoms in total. The molecule has 2 aliphatic heterocycles. The first-order valence-corrected chi connectivity index (χ1v) is 15.1. The average molecular weight is 585 g/mol. The van der Waals surface area contributed by atoms with Gasteiger partial charge in [0.2, 0.25) is 0 Å². The number of hydrogen-bond donors (Lipinski definition) is 0. The molecule has 3 aromatic rings. The van der Waals surface area contributed by atoms with Gasteiger partial charge < -0.3 is 19.4 Å². The third-order valence-corrected chi connectivity index (χ3v) is 9.68. The van der Waals surface area contributed by atoms with E-state index in [2.05, 4.69) is 30.7 Å². The van der Waals surface area contributed by atoms with Crippen molar-refractivity contribution in [2.24, 2.45) is 5.92 Å². The van der Waals surface area contributed by atoms with Crippen LogP contribution in [0.1, 0.15) is 42.7 Å². The molecule has 2 aliphatic carbocycles. The van der Waals surface area contributed by atoms with E-state index in [9.17, 15) is 14.4 Å². The lowest BCUT2D eigenvalue weighted by atomic mass is 9.93. The number of nitrogens with zero attached hydrogens (tertiary/aromatic N) is 6. The Kier molecular flexibility index (Phi) is 7.01. The summed E-state index contributed by atoms with van der Waals surface area (Å²) in [5, 5.41) is 9.99. The van der Waals surface area contributed by atoms with Crippen LogP contribution in [0.5, 0.6) is 6.01 Å². The van der Waals surface area contributed by atoms with Gasteiger partial charge in [-0.05, 0) is 79.9 Å². The van der Waals surface area contributed by atoms with Crippen LogP contribution in [0.25, 0.3) is 22.0 Å². The van der Waals surface area contributed by atoms with Crippen LogP contribution in [0.4, 0.5) is 14.6 Å². The summed E-state index contributed by atoms with van der Waals surface area (Å²) in [6.07, 6.45) is 4.36. The number of amides is 1. The van der Waals surface area contributed by atoms with Crippen molar-refractivity contribution in [1.82, 2.24) is 19.8 Å². The second-order valence-electron chi connectivity index (χ2n) is 12.3. The number of rotatable bonds is 7. The lowest BCUT2D eigenvalue weighted by Crippen LogP contribution is -2.55. The number of fused-ring (bicyclic) bond motifs is 4. The van der Waals surface area contributed by atoms with Gasteiger partial charge in [-0.1, -0.05) is 24.8 Å². The van der Waals surface area contributed by atoms with Gasteiger partial charge in [0.25, 0.3) is 5.91 Å². The SMILES string of the molecule is C=C(F)C(=O)N1CCN(c2nc(OCC3CCCN3C)nc3cc(-c4cccc5c4C4CC4C5)c(F)cc23)C[C@@H]1CC#N. The first-order chi connectivity index (χ1) is 20.8. The van der Waals surface area contributed by atoms with Gasteiger partial charge in [-0.2, -0.15) is 15.2 Å². The van der Waals surface area contributed by atoms with Crippen molar-refractivity contribution in [1.29, 1.82) is 5.26 Å². The van der Waals surface area contributed by atoms with Crippen LogP contribution in [0, 0.1) is 23.1 Å². The maximum Gasteiger partial charge on any atom is 0.319 e. The third-order valence-electron chi connectivity index (χ3n) is 9.68. The lowest BCUT2D eigenvalue weighted by molar-refractivity contribution is -0.131. The molecule has 43 heavy (non-hydrogen) atoms. The normalized spacial score (nSPS) is 24.5. The molecular weight excluding hydrogens is 550 g/mol. The van der Waals surface area contributed by atoms with Crippen LogP contribution < -0.4 is 9.64 Å². The summed E-state index contributed by atoms with van der Waals surface area (Å²) in [5.74, 6) is -0.589. The summed E-state index contributed by atoms with van der Waals surface area (Å²) in [4.78, 5) is 27.5. The molecule has 0 spiro atoms. The predicted molar refractivity (Wildman–Crippen MR) is 159 cm³/mol. The summed E-state index contributed by atoms with van der Waals surface area (Å²) < 4.78 is 36.0. The molecule has 7 rings (SSSR count). The van der Waals surface area contributed by atoms with Crippen LogP contribution in [-0.2, 0) is 11.2 Å². The Morgan fingerprint density at radius 1 is 1.19 bits per heavy atom. The van der Waals surface area contributed by atoms with Gasteiger partial charge in [0.1, 0.15) is 18.2 Å². The van der Waals surface area contributed by atoms with Crippen LogP contribution in [0.2, 0.25) is 0 Å². The van der Waals surface area contributed by atoms with E-state index in [1.54, 1.807) is 6.07 Å². The summed E-state index contributed by atoms with van der Waals surface area (Å²) in [5.41, 5.74) is 4.56. The third kappa shape index (κ3) is 4.99. The smallest absolute Gasteiger partial charge is 0.319 e. The molecule has 0 bridgehead atoms. The van der Waals surface area contributed by atoms with E-state index in [1.807, 2.05) is 17.0 Å². The molecule has 2 saturated heterocycles. The van der Waals surface area contributed by atoms with Crippen molar-refractivity contribution in [3.8, 4) is 23.2 Å². The largest absolute Gasteiger partial charge is 0.462 e. The van der Waals surface area contributed by atoms with Gasteiger partial charge in [0, 0.05) is 36.6 Å². The summed E-state index contributed by atoms with van der Waals surface area (Å²) >= 11 is 0. The fourth-order valence-corrected chi connectivity index (χ4v) is 7.31. The highest BCUT2D eigenvalue weighted by Gasteiger charge is 2.46. The number of likely N-dealkylation sites (tertiary alicyclic amines) is 1. The van der Waals surface area contributed by atoms with Crippen LogP contribution >= 0.6 is 0 Å². The summed E-state index contributed by atoms with van der Waals surface area (Å²) in [7, 11) is 2.08. The van der Waals surface area contributed by atoms with Crippen LogP contribution in [0.15, 0.2) is 42.7 Å². The fourth-order valence-electron chi connectivity index (χ4n) is 7.31. The molecule has 4 aliphatic rings. The van der Waals surface area contributed by atoms with E-state index < -0.39 is 17.8 Å². The Hall–Kier alpha value is -4.10. The number of ether oxygens (including phenoxy) is 1. The monoisotopic (exact) mass is 584 g/mol. The highest BCUT2D eigenvalue weighted by Crippen LogP contribution is 2.58. The van der Waals surface area contributed by atoms with Crippen molar-refractivity contribution >= 4 is 22.6 Å². The number of carbonyl (C=O) groups excluding carboxylic acids is 1. The molecule has 0 radical (unpaired) electrons. The quantitative estimate of drug-likeness (QED) is 0.362. The molecular formula is C33H34F2N6O2. The number of halogens is 2. The number of aromatic nitrogens is 2. The van der Waals surface area contributed by atoms with Gasteiger partial charge >= 0.3 is 6.01 Å². The van der Waals surface area contributed by atoms with Crippen molar-refractivity contribution in [3.05, 3.63) is 59.7 Å². The Morgan fingerprint density at radius 3 is 2.81 bits per heavy atom. The van der Waals surface area contributed by atoms with Crippen molar-refractivity contribution in [2.45, 2.75) is 50.1 Å². The zero-order chi connectivity index (χ0) is 29.8. The standard InChI is InChI=1S/C33H34F2N6O2/c1-19(34)32(42)41-12-11-40(17-22(41)8-9-36)31-27-15-28(35)26(24-7-3-5-20-13-21-14-25(21)30(20)24)16-29(27)37-33(38-31)43-18-23-6-4-10-39(23)2/h3,5,7,15-16,21-23,25H,1,4,6,8,10-14,17-18H2,2H3/t21?,22-,23?,25?/m0/s1. The van der Waals surface area contributed by atoms with Crippen molar-refractivity contribution in [2.75, 3.05) is 44.7 Å². The Labute approximate surface area is 249 Å². The van der Waals surface area contributed by atoms with Crippen LogP contribution in [-0.4, -0.2) is 77.6 Å². The molecule has 1 saturated carbocycles. The van der Waals surface area contributed by atoms with E-state index in [1.165, 1.54) is 22.1 Å². The average Bonchev–Trinajstić information content (AvgIpc) is 3.47. The molecule has 1 aromatic heterocycles. The minimum atomic E-state index is -1.06. The van der Waals surface area contributed by atoms with Crippen LogP contribution in [0.3, 0.4) is 0 Å². The number of carbonyl (C=O) groups is 1. The van der Waals surface area contributed by atoms with E-state index in [4.69, 9.17) is 14.7 Å². The topological polar surface area (TPSA) is 85.6 Å². The Bertz CT molecular complexity index is 1670. The molecule has 0 N–H and O–H groups in total. The van der Waals surface area contributed by atoms with Gasteiger partial charge in [0.05, 0.1) is 24.0 Å². The molecule has 3 heterocycles. The summed E-state index contributed by atoms with van der Waals surface area (Å²) in [6, 6.07) is 11.4. The predicted octanol–water partition coefficient (Wildman–Crippen LogP) is 4.98. The number of piperazine rings is 1. The van der Waals surface area contributed by atoms with Crippen molar-refractivity contribution in [3.63, 3.8) is 0 Å². The van der Waals surface area contributed by atoms with Gasteiger partial charge in [-0.3, -0.25) is 4.79 Å². The first kappa shape index (κ1) is 27.7. The molecule has 2 aromatic carbocycles. The Morgan fingerprint density at radius 2 is 2.05 bits per heavy atom. The second kappa shape index (κ2) is 10.9. The number of likely N-dealkylation sites (N-methyl/N-ethyl adjacent to an activating group) is 1. The molecule has 3 fully saturated rings. The highest BCUT2D eigenvalue weighted by molar-refractivity contribution is 5.94. The molecule has 4 atom stereocenters. The lowest BCUT2D eigenvalue weighted by Gasteiger charge is -2.41. The minimum Gasteiger partial charge on any atom is -0.462 e. The second-order valence-corrected chi connectivity index (χ2v) is 12.3. The maximum absolute atomic E-state index is 16.1. The molecule has 3 unspecified atom stereocenters. The molecule has 1 amide bonds. The van der Waals surface area contributed by atoms with E-state index in [0.717, 1.165) is 37.8 Å². The van der Waals surface area contributed by atoms with Gasteiger partial charge in [-0.15, -0.1) is 0 Å². The fraction of sp³-hybridized carbons (Fsp3) is 0.455. The zero-order valence-corrected chi connectivity index (χ0v) is 24.2. The number of benzene rings is 2. The Balaban J connectivity index is 1.29. The highest BCUT2D eigenvalue weighted by atomic mass is 19.1. The first-order valence-electron chi connectivity index (χ1n) is 15.1. The molecule has 10 heteroatoms. The van der Waals surface area contributed by atoms with E-state index in [-0.39, 0.29) is 37.4 Å². The summed E-state index contributed by atoms with van der Waals surface area (Å²) in [6.45, 7) is 5.30. The van der Waals surface area contributed by atoms with Crippen molar-refractivity contribution < 1.29 is 18.3 Å². The minimum absolute atomic E-state index is 0.00962. The van der Waals surface area contributed by atoms with E-state index >= 15 is 4.39 Å². The molecule has 222 valence electrons. The van der Waals surface area contributed by atoms with Gasteiger partial charge in [-0.25, -0.2) is 8.78 Å². The van der Waals surface area contributed by atoms with Gasteiger partial charge in [0.15, 0.2) is 5.83 Å². The maximum atomic E-state index is 16.1. The number of anilines is 1. The number of nitriles is 1. The van der Waals surface area contributed by atoms with E-state index in [0.29, 0.717) is 47.3 Å².